The molecule has 2 N–H and O–H groups in total. The summed E-state index contributed by atoms with van der Waals surface area (Å²) in [5.41, 5.74) is 0.0856. The van der Waals surface area contributed by atoms with Crippen LogP contribution in [0.15, 0.2) is 0 Å². The van der Waals surface area contributed by atoms with Crippen LogP contribution in [-0.2, 0) is 14.6 Å². The molecule has 0 aromatic rings. The van der Waals surface area contributed by atoms with Crippen molar-refractivity contribution in [2.75, 3.05) is 31.6 Å². The van der Waals surface area contributed by atoms with E-state index in [4.69, 9.17) is 0 Å². The lowest BCUT2D eigenvalue weighted by Crippen LogP contribution is -2.37. The third-order valence-corrected chi connectivity index (χ3v) is 6.41. The SMILES string of the molecule is CS(=O)(=O)CC1(CNC(=O)C2CC23CCNCC3)CC1.Cl. The molecule has 0 radical (unpaired) electrons. The first-order valence-electron chi connectivity index (χ1n) is 7.51. The summed E-state index contributed by atoms with van der Waals surface area (Å²) < 4.78 is 22.8. The number of piperidine rings is 1. The van der Waals surface area contributed by atoms with Crippen LogP contribution in [0.1, 0.15) is 32.1 Å². The molecule has 1 spiro atoms. The van der Waals surface area contributed by atoms with Gasteiger partial charge < -0.3 is 10.6 Å². The second-order valence-electron chi connectivity index (χ2n) is 7.16. The van der Waals surface area contributed by atoms with Gasteiger partial charge in [-0.25, -0.2) is 8.42 Å². The fourth-order valence-corrected chi connectivity index (χ4v) is 5.20. The summed E-state index contributed by atoms with van der Waals surface area (Å²) in [4.78, 5) is 12.2. The summed E-state index contributed by atoms with van der Waals surface area (Å²) >= 11 is 0. The first-order chi connectivity index (χ1) is 9.34. The second-order valence-corrected chi connectivity index (χ2v) is 9.30. The standard InChI is InChI=1S/C14H24N2O3S.ClH/c1-20(18,19)10-13(2-3-13)9-16-12(17)11-8-14(11)4-6-15-7-5-14;/h11,15H,2-10H2,1H3,(H,16,17);1H. The summed E-state index contributed by atoms with van der Waals surface area (Å²) in [7, 11) is -2.96. The van der Waals surface area contributed by atoms with Crippen LogP contribution in [0.5, 0.6) is 0 Å². The van der Waals surface area contributed by atoms with Gasteiger partial charge in [-0.05, 0) is 50.6 Å². The van der Waals surface area contributed by atoms with E-state index in [0.29, 0.717) is 6.54 Å². The molecule has 0 bridgehead atoms. The lowest BCUT2D eigenvalue weighted by molar-refractivity contribution is -0.123. The molecule has 2 saturated carbocycles. The first kappa shape index (κ1) is 17.0. The molecule has 5 nitrogen and oxygen atoms in total. The highest BCUT2D eigenvalue weighted by molar-refractivity contribution is 7.90. The first-order valence-corrected chi connectivity index (χ1v) is 9.57. The Hall–Kier alpha value is -0.330. The molecule has 7 heteroatoms. The molecule has 1 unspecified atom stereocenters. The van der Waals surface area contributed by atoms with Crippen LogP contribution >= 0.6 is 12.4 Å². The molecule has 1 saturated heterocycles. The van der Waals surface area contributed by atoms with Gasteiger partial charge in [0.15, 0.2) is 0 Å². The number of halogens is 1. The maximum Gasteiger partial charge on any atom is 0.223 e. The van der Waals surface area contributed by atoms with Crippen molar-refractivity contribution in [3.8, 4) is 0 Å². The van der Waals surface area contributed by atoms with Crippen molar-refractivity contribution in [3.05, 3.63) is 0 Å². The van der Waals surface area contributed by atoms with Crippen LogP contribution < -0.4 is 10.6 Å². The molecular formula is C14H25ClN2O3S. The normalized spacial score (nSPS) is 28.5. The molecule has 3 aliphatic rings. The molecule has 21 heavy (non-hydrogen) atoms. The number of hydrogen-bond acceptors (Lipinski definition) is 4. The van der Waals surface area contributed by atoms with Gasteiger partial charge in [-0.2, -0.15) is 0 Å². The number of carbonyl (C=O) groups is 1. The molecule has 122 valence electrons. The van der Waals surface area contributed by atoms with E-state index < -0.39 is 9.84 Å². The molecule has 1 aliphatic heterocycles. The van der Waals surface area contributed by atoms with Crippen molar-refractivity contribution in [1.82, 2.24) is 10.6 Å². The average molecular weight is 337 g/mol. The predicted molar refractivity (Wildman–Crippen MR) is 84.3 cm³/mol. The topological polar surface area (TPSA) is 75.3 Å². The monoisotopic (exact) mass is 336 g/mol. The lowest BCUT2D eigenvalue weighted by Gasteiger charge is -2.23. The molecule has 1 amide bonds. The molecular weight excluding hydrogens is 312 g/mol. The third kappa shape index (κ3) is 3.90. The van der Waals surface area contributed by atoms with Gasteiger partial charge in [-0.15, -0.1) is 12.4 Å². The summed E-state index contributed by atoms with van der Waals surface area (Å²) in [6.07, 6.45) is 6.32. The Morgan fingerprint density at radius 3 is 2.38 bits per heavy atom. The Balaban J connectivity index is 0.00000161. The molecule has 2 aliphatic carbocycles. The largest absolute Gasteiger partial charge is 0.355 e. The average Bonchev–Trinajstić information content (AvgIpc) is 3.25. The summed E-state index contributed by atoms with van der Waals surface area (Å²) in [6.45, 7) is 2.56. The Morgan fingerprint density at radius 2 is 1.86 bits per heavy atom. The van der Waals surface area contributed by atoms with Crippen LogP contribution in [0.2, 0.25) is 0 Å². The van der Waals surface area contributed by atoms with E-state index in [1.165, 1.54) is 6.26 Å². The van der Waals surface area contributed by atoms with Crippen molar-refractivity contribution in [1.29, 1.82) is 0 Å². The van der Waals surface area contributed by atoms with E-state index in [9.17, 15) is 13.2 Å². The zero-order valence-corrected chi connectivity index (χ0v) is 14.1. The van der Waals surface area contributed by atoms with Crippen LogP contribution in [0.25, 0.3) is 0 Å². The highest BCUT2D eigenvalue weighted by Crippen LogP contribution is 2.58. The fraction of sp³-hybridized carbons (Fsp3) is 0.929. The predicted octanol–water partition coefficient (Wildman–Crippen LogP) is 0.739. The lowest BCUT2D eigenvalue weighted by atomic mass is 9.91. The van der Waals surface area contributed by atoms with E-state index in [1.807, 2.05) is 0 Å². The maximum atomic E-state index is 12.2. The number of carbonyl (C=O) groups excluding carboxylic acids is 1. The summed E-state index contributed by atoms with van der Waals surface area (Å²) in [5, 5.41) is 6.35. The number of nitrogens with one attached hydrogen (secondary N) is 2. The van der Waals surface area contributed by atoms with Crippen LogP contribution in [0.3, 0.4) is 0 Å². The van der Waals surface area contributed by atoms with Crippen molar-refractivity contribution < 1.29 is 13.2 Å². The number of sulfone groups is 1. The van der Waals surface area contributed by atoms with Crippen molar-refractivity contribution in [3.63, 3.8) is 0 Å². The Kier molecular flexibility index (Phi) is 4.63. The fourth-order valence-electron chi connectivity index (χ4n) is 3.70. The Morgan fingerprint density at radius 1 is 1.24 bits per heavy atom. The second kappa shape index (κ2) is 5.70. The molecule has 3 rings (SSSR count). The zero-order valence-electron chi connectivity index (χ0n) is 12.5. The Bertz CT molecular complexity index is 510. The van der Waals surface area contributed by atoms with Crippen molar-refractivity contribution in [2.45, 2.75) is 32.1 Å². The van der Waals surface area contributed by atoms with E-state index in [2.05, 4.69) is 10.6 Å². The minimum atomic E-state index is -2.96. The molecule has 1 atom stereocenters. The van der Waals surface area contributed by atoms with Gasteiger partial charge in [-0.3, -0.25) is 4.79 Å². The highest BCUT2D eigenvalue weighted by Gasteiger charge is 2.58. The Labute approximate surface area is 133 Å². The molecule has 1 heterocycles. The van der Waals surface area contributed by atoms with Gasteiger partial charge in [0.25, 0.3) is 0 Å². The van der Waals surface area contributed by atoms with Crippen molar-refractivity contribution >= 4 is 28.2 Å². The summed E-state index contributed by atoms with van der Waals surface area (Å²) in [6, 6.07) is 0. The maximum absolute atomic E-state index is 12.2. The molecule has 0 aromatic carbocycles. The summed E-state index contributed by atoms with van der Waals surface area (Å²) in [5.74, 6) is 0.519. The van der Waals surface area contributed by atoms with Crippen LogP contribution in [0, 0.1) is 16.7 Å². The number of hydrogen-bond donors (Lipinski definition) is 2. The van der Waals surface area contributed by atoms with E-state index in [0.717, 1.165) is 45.2 Å². The smallest absolute Gasteiger partial charge is 0.223 e. The quantitative estimate of drug-likeness (QED) is 0.776. The van der Waals surface area contributed by atoms with Gasteiger partial charge >= 0.3 is 0 Å². The minimum Gasteiger partial charge on any atom is -0.355 e. The van der Waals surface area contributed by atoms with Crippen molar-refractivity contribution in [2.24, 2.45) is 16.7 Å². The van der Waals surface area contributed by atoms with Crippen LogP contribution in [-0.4, -0.2) is 46.0 Å². The number of rotatable bonds is 5. The molecule has 0 aromatic heterocycles. The van der Waals surface area contributed by atoms with E-state index >= 15 is 0 Å². The van der Waals surface area contributed by atoms with Gasteiger partial charge in [0.2, 0.25) is 5.91 Å². The van der Waals surface area contributed by atoms with Gasteiger partial charge in [-0.1, -0.05) is 0 Å². The van der Waals surface area contributed by atoms with Gasteiger partial charge in [0.05, 0.1) is 5.75 Å². The minimum absolute atomic E-state index is 0. The highest BCUT2D eigenvalue weighted by atomic mass is 35.5. The van der Waals surface area contributed by atoms with Gasteiger partial charge in [0.1, 0.15) is 9.84 Å². The van der Waals surface area contributed by atoms with Gasteiger partial charge in [0, 0.05) is 24.1 Å². The zero-order chi connectivity index (χ0) is 14.4. The molecule has 3 fully saturated rings. The van der Waals surface area contributed by atoms with Crippen LogP contribution in [0.4, 0.5) is 0 Å². The van der Waals surface area contributed by atoms with E-state index in [1.54, 1.807) is 0 Å². The van der Waals surface area contributed by atoms with E-state index in [-0.39, 0.29) is 40.8 Å². The number of amides is 1. The third-order valence-electron chi connectivity index (χ3n) is 5.27.